The summed E-state index contributed by atoms with van der Waals surface area (Å²) in [5.74, 6) is 0.228. The van der Waals surface area contributed by atoms with Crippen LogP contribution in [0.1, 0.15) is 36.8 Å². The quantitative estimate of drug-likeness (QED) is 0.813. The van der Waals surface area contributed by atoms with Gasteiger partial charge in [-0.15, -0.1) is 0 Å². The van der Waals surface area contributed by atoms with Gasteiger partial charge in [0.2, 0.25) is 0 Å². The number of rotatable bonds is 5. The van der Waals surface area contributed by atoms with Gasteiger partial charge in [0.15, 0.2) is 0 Å². The van der Waals surface area contributed by atoms with Crippen LogP contribution < -0.4 is 10.5 Å². The normalized spacial score (nSPS) is 12.3. The van der Waals surface area contributed by atoms with E-state index in [2.05, 4.69) is 13.8 Å². The third kappa shape index (κ3) is 3.01. The van der Waals surface area contributed by atoms with Gasteiger partial charge in [0.05, 0.1) is 20.1 Å². The van der Waals surface area contributed by atoms with Crippen molar-refractivity contribution in [2.75, 3.05) is 20.8 Å². The van der Waals surface area contributed by atoms with Gasteiger partial charge in [-0.2, -0.15) is 0 Å². The number of esters is 1. The Hall–Kier alpha value is -1.55. The number of nitrogens with two attached hydrogens (primary N) is 1. The number of benzene rings is 1. The van der Waals surface area contributed by atoms with E-state index in [-0.39, 0.29) is 12.5 Å². The molecule has 4 heteroatoms. The Labute approximate surface area is 108 Å². The van der Waals surface area contributed by atoms with Crippen molar-refractivity contribution in [2.45, 2.75) is 25.7 Å². The third-order valence-corrected chi connectivity index (χ3v) is 3.02. The number of carbonyl (C=O) groups excluding carboxylic acids is 1. The van der Waals surface area contributed by atoms with E-state index in [4.69, 9.17) is 15.2 Å². The van der Waals surface area contributed by atoms with E-state index < -0.39 is 5.92 Å². The summed E-state index contributed by atoms with van der Waals surface area (Å²) in [6.45, 7) is 4.40. The van der Waals surface area contributed by atoms with Crippen molar-refractivity contribution in [1.82, 2.24) is 0 Å². The lowest BCUT2D eigenvalue weighted by Crippen LogP contribution is -2.23. The average Bonchev–Trinajstić information content (AvgIpc) is 2.39. The maximum absolute atomic E-state index is 11.7. The highest BCUT2D eigenvalue weighted by Crippen LogP contribution is 2.30. The second-order valence-electron chi connectivity index (χ2n) is 4.47. The lowest BCUT2D eigenvalue weighted by Gasteiger charge is -2.18. The standard InChI is InChI=1S/C14H21NO3/c1-9(2)10-5-6-13(17-3)11(7-10)12(8-15)14(16)18-4/h5-7,9,12H,8,15H2,1-4H3. The van der Waals surface area contributed by atoms with Crippen molar-refractivity contribution in [3.05, 3.63) is 29.3 Å². The van der Waals surface area contributed by atoms with E-state index in [1.165, 1.54) is 7.11 Å². The summed E-state index contributed by atoms with van der Waals surface area (Å²) in [6, 6.07) is 5.84. The molecule has 2 N–H and O–H groups in total. The molecule has 0 bridgehead atoms. The molecule has 4 nitrogen and oxygen atoms in total. The van der Waals surface area contributed by atoms with E-state index in [0.29, 0.717) is 11.7 Å². The van der Waals surface area contributed by atoms with Crippen LogP contribution in [0.4, 0.5) is 0 Å². The molecule has 0 aliphatic carbocycles. The average molecular weight is 251 g/mol. The fourth-order valence-corrected chi connectivity index (χ4v) is 1.88. The Morgan fingerprint density at radius 3 is 2.44 bits per heavy atom. The van der Waals surface area contributed by atoms with Gasteiger partial charge in [0.25, 0.3) is 0 Å². The summed E-state index contributed by atoms with van der Waals surface area (Å²) in [4.78, 5) is 11.7. The number of hydrogen-bond donors (Lipinski definition) is 1. The second-order valence-corrected chi connectivity index (χ2v) is 4.47. The number of carbonyl (C=O) groups is 1. The predicted octanol–water partition coefficient (Wildman–Crippen LogP) is 2.03. The van der Waals surface area contributed by atoms with Crippen LogP contribution >= 0.6 is 0 Å². The number of methoxy groups -OCH3 is 2. The Bertz CT molecular complexity index is 416. The minimum Gasteiger partial charge on any atom is -0.496 e. The van der Waals surface area contributed by atoms with Gasteiger partial charge < -0.3 is 15.2 Å². The Morgan fingerprint density at radius 1 is 1.33 bits per heavy atom. The number of ether oxygens (including phenoxy) is 2. The van der Waals surface area contributed by atoms with Gasteiger partial charge in [-0.25, -0.2) is 0 Å². The molecule has 0 heterocycles. The minimum absolute atomic E-state index is 0.199. The Kier molecular flexibility index (Phi) is 5.16. The molecule has 1 atom stereocenters. The molecule has 0 aliphatic rings. The van der Waals surface area contributed by atoms with Gasteiger partial charge >= 0.3 is 5.97 Å². The van der Waals surface area contributed by atoms with Crippen LogP contribution in [0.15, 0.2) is 18.2 Å². The Morgan fingerprint density at radius 2 is 2.00 bits per heavy atom. The van der Waals surface area contributed by atoms with Gasteiger partial charge in [0, 0.05) is 12.1 Å². The molecule has 1 rings (SSSR count). The summed E-state index contributed by atoms with van der Waals surface area (Å²) < 4.78 is 10.1. The third-order valence-electron chi connectivity index (χ3n) is 3.02. The van der Waals surface area contributed by atoms with Crippen molar-refractivity contribution in [1.29, 1.82) is 0 Å². The molecule has 0 aliphatic heterocycles. The first-order chi connectivity index (χ1) is 8.54. The molecule has 1 aromatic carbocycles. The molecule has 0 fully saturated rings. The molecule has 0 aromatic heterocycles. The highest BCUT2D eigenvalue weighted by molar-refractivity contribution is 5.79. The van der Waals surface area contributed by atoms with Crippen molar-refractivity contribution in [3.63, 3.8) is 0 Å². The maximum atomic E-state index is 11.7. The van der Waals surface area contributed by atoms with Crippen LogP contribution in [0.5, 0.6) is 5.75 Å². The van der Waals surface area contributed by atoms with Crippen molar-refractivity contribution >= 4 is 5.97 Å². The molecule has 1 unspecified atom stereocenters. The van der Waals surface area contributed by atoms with Crippen molar-refractivity contribution < 1.29 is 14.3 Å². The molecular weight excluding hydrogens is 230 g/mol. The zero-order valence-electron chi connectivity index (χ0n) is 11.4. The summed E-state index contributed by atoms with van der Waals surface area (Å²) >= 11 is 0. The van der Waals surface area contributed by atoms with E-state index in [1.54, 1.807) is 7.11 Å². The summed E-state index contributed by atoms with van der Waals surface area (Å²) in [5, 5.41) is 0. The highest BCUT2D eigenvalue weighted by atomic mass is 16.5. The van der Waals surface area contributed by atoms with Crippen LogP contribution in [0.3, 0.4) is 0 Å². The summed E-state index contributed by atoms with van der Waals surface area (Å²) in [7, 11) is 2.95. The molecule has 18 heavy (non-hydrogen) atoms. The van der Waals surface area contributed by atoms with Gasteiger partial charge in [-0.3, -0.25) is 4.79 Å². The van der Waals surface area contributed by atoms with Crippen LogP contribution in [-0.2, 0) is 9.53 Å². The first kappa shape index (κ1) is 14.5. The van der Waals surface area contributed by atoms with Crippen LogP contribution in [-0.4, -0.2) is 26.7 Å². The van der Waals surface area contributed by atoms with E-state index in [0.717, 1.165) is 11.1 Å². The first-order valence-corrected chi connectivity index (χ1v) is 6.00. The molecule has 1 aromatic rings. The largest absolute Gasteiger partial charge is 0.496 e. The molecule has 0 saturated carbocycles. The fraction of sp³-hybridized carbons (Fsp3) is 0.500. The molecular formula is C14H21NO3. The van der Waals surface area contributed by atoms with Crippen molar-refractivity contribution in [3.8, 4) is 5.75 Å². The smallest absolute Gasteiger partial charge is 0.314 e. The van der Waals surface area contributed by atoms with Crippen molar-refractivity contribution in [2.24, 2.45) is 5.73 Å². The monoisotopic (exact) mass is 251 g/mol. The molecule has 0 saturated heterocycles. The lowest BCUT2D eigenvalue weighted by molar-refractivity contribution is -0.142. The van der Waals surface area contributed by atoms with E-state index >= 15 is 0 Å². The lowest BCUT2D eigenvalue weighted by atomic mass is 9.93. The zero-order valence-corrected chi connectivity index (χ0v) is 11.4. The molecule has 100 valence electrons. The van der Waals surface area contributed by atoms with Crippen LogP contribution in [0.25, 0.3) is 0 Å². The van der Waals surface area contributed by atoms with Gasteiger partial charge in [-0.05, 0) is 17.5 Å². The van der Waals surface area contributed by atoms with Crippen LogP contribution in [0, 0.1) is 0 Å². The van der Waals surface area contributed by atoms with E-state index in [9.17, 15) is 4.79 Å². The summed E-state index contributed by atoms with van der Waals surface area (Å²) in [6.07, 6.45) is 0. The Balaban J connectivity index is 3.25. The van der Waals surface area contributed by atoms with E-state index in [1.807, 2.05) is 18.2 Å². The topological polar surface area (TPSA) is 61.5 Å². The highest BCUT2D eigenvalue weighted by Gasteiger charge is 2.24. The first-order valence-electron chi connectivity index (χ1n) is 6.00. The van der Waals surface area contributed by atoms with Gasteiger partial charge in [0.1, 0.15) is 5.75 Å². The van der Waals surface area contributed by atoms with Crippen LogP contribution in [0.2, 0.25) is 0 Å². The summed E-state index contributed by atoms with van der Waals surface area (Å²) in [5.41, 5.74) is 7.61. The minimum atomic E-state index is -0.483. The molecule has 0 radical (unpaired) electrons. The maximum Gasteiger partial charge on any atom is 0.314 e. The zero-order chi connectivity index (χ0) is 13.7. The van der Waals surface area contributed by atoms with Gasteiger partial charge in [-0.1, -0.05) is 26.0 Å². The SMILES string of the molecule is COC(=O)C(CN)c1cc(C(C)C)ccc1OC. The number of hydrogen-bond acceptors (Lipinski definition) is 4. The second kappa shape index (κ2) is 6.40. The molecule has 0 amide bonds. The fourth-order valence-electron chi connectivity index (χ4n) is 1.88. The predicted molar refractivity (Wildman–Crippen MR) is 70.9 cm³/mol. The molecule has 0 spiro atoms.